The third-order valence-corrected chi connectivity index (χ3v) is 1.85. The van der Waals surface area contributed by atoms with Gasteiger partial charge in [-0.2, -0.15) is 0 Å². The van der Waals surface area contributed by atoms with Crippen LogP contribution in [0.15, 0.2) is 18.2 Å². The fourth-order valence-corrected chi connectivity index (χ4v) is 1.20. The number of aryl methyl sites for hydroxylation is 1. The Balaban J connectivity index is 2.93. The van der Waals surface area contributed by atoms with Gasteiger partial charge in [-0.15, -0.1) is 0 Å². The molecular formula is C10H16N2O. The summed E-state index contributed by atoms with van der Waals surface area (Å²) >= 11 is 0. The maximum absolute atomic E-state index is 5.40. The summed E-state index contributed by atoms with van der Waals surface area (Å²) in [4.78, 5) is 0. The minimum absolute atomic E-state index is 0.678. The van der Waals surface area contributed by atoms with Crippen molar-refractivity contribution >= 4 is 5.69 Å². The van der Waals surface area contributed by atoms with Crippen molar-refractivity contribution in [3.8, 4) is 5.75 Å². The molecule has 0 bridgehead atoms. The number of ether oxygens (including phenoxy) is 1. The van der Waals surface area contributed by atoms with Gasteiger partial charge in [0.2, 0.25) is 0 Å². The molecule has 3 N–H and O–H groups in total. The van der Waals surface area contributed by atoms with Crippen LogP contribution in [0.2, 0.25) is 0 Å². The lowest BCUT2D eigenvalue weighted by molar-refractivity contribution is 0.340. The Hall–Kier alpha value is -1.22. The molecule has 72 valence electrons. The first kappa shape index (κ1) is 9.86. The van der Waals surface area contributed by atoms with Crippen molar-refractivity contribution in [2.75, 3.05) is 12.0 Å². The molecule has 0 spiro atoms. The highest BCUT2D eigenvalue weighted by Crippen LogP contribution is 2.20. The molecule has 0 amide bonds. The van der Waals surface area contributed by atoms with Crippen LogP contribution in [0.25, 0.3) is 0 Å². The molecular weight excluding hydrogens is 164 g/mol. The Morgan fingerprint density at radius 1 is 1.31 bits per heavy atom. The first-order valence-corrected chi connectivity index (χ1v) is 4.53. The van der Waals surface area contributed by atoms with Crippen LogP contribution in [0.5, 0.6) is 5.75 Å². The number of anilines is 1. The topological polar surface area (TPSA) is 47.3 Å². The summed E-state index contributed by atoms with van der Waals surface area (Å²) in [7, 11) is 0. The van der Waals surface area contributed by atoms with E-state index in [1.54, 1.807) is 0 Å². The second-order valence-electron chi connectivity index (χ2n) is 2.80. The van der Waals surface area contributed by atoms with Gasteiger partial charge in [-0.3, -0.25) is 5.84 Å². The summed E-state index contributed by atoms with van der Waals surface area (Å²) in [6, 6.07) is 5.94. The van der Waals surface area contributed by atoms with Crippen LogP contribution in [0.3, 0.4) is 0 Å². The van der Waals surface area contributed by atoms with Gasteiger partial charge in [0.25, 0.3) is 0 Å². The number of hydrogen-bond acceptors (Lipinski definition) is 3. The van der Waals surface area contributed by atoms with E-state index in [4.69, 9.17) is 10.6 Å². The average Bonchev–Trinajstić information content (AvgIpc) is 2.17. The maximum atomic E-state index is 5.40. The zero-order chi connectivity index (χ0) is 9.68. The van der Waals surface area contributed by atoms with E-state index in [2.05, 4.69) is 12.3 Å². The highest BCUT2D eigenvalue weighted by Gasteiger charge is 1.98. The molecule has 0 aromatic heterocycles. The standard InChI is InChI=1S/C10H16N2O/c1-3-8-5-9(12-11)7-10(6-8)13-4-2/h5-7,12H,3-4,11H2,1-2H3. The van der Waals surface area contributed by atoms with Crippen molar-refractivity contribution in [2.24, 2.45) is 5.84 Å². The van der Waals surface area contributed by atoms with Crippen LogP contribution in [0.4, 0.5) is 5.69 Å². The van der Waals surface area contributed by atoms with E-state index in [9.17, 15) is 0 Å². The molecule has 3 heteroatoms. The predicted molar refractivity (Wildman–Crippen MR) is 54.8 cm³/mol. The Kier molecular flexibility index (Phi) is 3.58. The Labute approximate surface area is 78.9 Å². The minimum atomic E-state index is 0.678. The Morgan fingerprint density at radius 3 is 2.62 bits per heavy atom. The zero-order valence-electron chi connectivity index (χ0n) is 8.13. The molecule has 0 aliphatic rings. The molecule has 0 fully saturated rings. The molecule has 0 saturated heterocycles. The van der Waals surface area contributed by atoms with Crippen LogP contribution in [-0.2, 0) is 6.42 Å². The van der Waals surface area contributed by atoms with E-state index in [0.29, 0.717) is 6.61 Å². The third kappa shape index (κ3) is 2.63. The SMILES string of the molecule is CCOc1cc(CC)cc(NN)c1. The quantitative estimate of drug-likeness (QED) is 0.550. The fraction of sp³-hybridized carbons (Fsp3) is 0.400. The highest BCUT2D eigenvalue weighted by molar-refractivity contribution is 5.50. The summed E-state index contributed by atoms with van der Waals surface area (Å²) in [5.41, 5.74) is 4.73. The molecule has 13 heavy (non-hydrogen) atoms. The average molecular weight is 180 g/mol. The zero-order valence-corrected chi connectivity index (χ0v) is 8.13. The molecule has 0 saturated carbocycles. The van der Waals surface area contributed by atoms with Gasteiger partial charge in [0.15, 0.2) is 0 Å². The molecule has 0 atom stereocenters. The summed E-state index contributed by atoms with van der Waals surface area (Å²) in [6.07, 6.45) is 0.982. The smallest absolute Gasteiger partial charge is 0.121 e. The van der Waals surface area contributed by atoms with Gasteiger partial charge in [-0.1, -0.05) is 6.92 Å². The number of nitrogen functional groups attached to an aromatic ring is 1. The largest absolute Gasteiger partial charge is 0.494 e. The van der Waals surface area contributed by atoms with Crippen molar-refractivity contribution in [2.45, 2.75) is 20.3 Å². The number of nitrogens with one attached hydrogen (secondary N) is 1. The van der Waals surface area contributed by atoms with Gasteiger partial charge in [0.05, 0.1) is 12.3 Å². The maximum Gasteiger partial charge on any atom is 0.121 e. The van der Waals surface area contributed by atoms with Crippen molar-refractivity contribution in [3.05, 3.63) is 23.8 Å². The second kappa shape index (κ2) is 4.72. The van der Waals surface area contributed by atoms with Crippen LogP contribution in [-0.4, -0.2) is 6.61 Å². The second-order valence-corrected chi connectivity index (χ2v) is 2.80. The van der Waals surface area contributed by atoms with Gasteiger partial charge in [0.1, 0.15) is 5.75 Å². The molecule has 0 heterocycles. The van der Waals surface area contributed by atoms with Crippen molar-refractivity contribution < 1.29 is 4.74 Å². The summed E-state index contributed by atoms with van der Waals surface area (Å²) in [5, 5.41) is 0. The van der Waals surface area contributed by atoms with Gasteiger partial charge >= 0.3 is 0 Å². The Bertz CT molecular complexity index is 251. The van der Waals surface area contributed by atoms with E-state index >= 15 is 0 Å². The van der Waals surface area contributed by atoms with Gasteiger partial charge in [-0.25, -0.2) is 0 Å². The van der Waals surface area contributed by atoms with E-state index in [-0.39, 0.29) is 0 Å². The van der Waals surface area contributed by atoms with Gasteiger partial charge < -0.3 is 10.2 Å². The molecule has 1 aromatic carbocycles. The molecule has 1 aromatic rings. The number of nitrogens with two attached hydrogens (primary N) is 1. The molecule has 1 rings (SSSR count). The molecule has 0 radical (unpaired) electrons. The molecule has 0 aliphatic heterocycles. The number of benzene rings is 1. The van der Waals surface area contributed by atoms with E-state index in [1.165, 1.54) is 5.56 Å². The number of hydrogen-bond donors (Lipinski definition) is 2. The van der Waals surface area contributed by atoms with Crippen molar-refractivity contribution in [1.82, 2.24) is 0 Å². The lowest BCUT2D eigenvalue weighted by Gasteiger charge is -2.08. The fourth-order valence-electron chi connectivity index (χ4n) is 1.20. The van der Waals surface area contributed by atoms with E-state index in [0.717, 1.165) is 17.9 Å². The first-order chi connectivity index (χ1) is 6.30. The van der Waals surface area contributed by atoms with Crippen LogP contribution in [0, 0.1) is 0 Å². The number of rotatable bonds is 4. The minimum Gasteiger partial charge on any atom is -0.494 e. The van der Waals surface area contributed by atoms with Crippen molar-refractivity contribution in [3.63, 3.8) is 0 Å². The highest BCUT2D eigenvalue weighted by atomic mass is 16.5. The van der Waals surface area contributed by atoms with Crippen LogP contribution in [0.1, 0.15) is 19.4 Å². The summed E-state index contributed by atoms with van der Waals surface area (Å²) < 4.78 is 5.40. The molecule has 3 nitrogen and oxygen atoms in total. The van der Waals surface area contributed by atoms with Gasteiger partial charge in [0, 0.05) is 6.07 Å². The monoisotopic (exact) mass is 180 g/mol. The summed E-state index contributed by atoms with van der Waals surface area (Å²) in [5.74, 6) is 6.20. The van der Waals surface area contributed by atoms with E-state index in [1.807, 2.05) is 25.1 Å². The number of hydrazine groups is 1. The predicted octanol–water partition coefficient (Wildman–Crippen LogP) is 1.93. The lowest BCUT2D eigenvalue weighted by atomic mass is 10.1. The Morgan fingerprint density at radius 2 is 2.08 bits per heavy atom. The van der Waals surface area contributed by atoms with E-state index < -0.39 is 0 Å². The van der Waals surface area contributed by atoms with Gasteiger partial charge in [-0.05, 0) is 31.0 Å². The molecule has 0 aliphatic carbocycles. The normalized spacial score (nSPS) is 9.77. The van der Waals surface area contributed by atoms with Crippen LogP contribution < -0.4 is 16.0 Å². The molecule has 0 unspecified atom stereocenters. The summed E-state index contributed by atoms with van der Waals surface area (Å²) in [6.45, 7) is 4.75. The van der Waals surface area contributed by atoms with Crippen molar-refractivity contribution in [1.29, 1.82) is 0 Å². The third-order valence-electron chi connectivity index (χ3n) is 1.85. The first-order valence-electron chi connectivity index (χ1n) is 4.53. The van der Waals surface area contributed by atoms with Crippen LogP contribution >= 0.6 is 0 Å². The lowest BCUT2D eigenvalue weighted by Crippen LogP contribution is -2.07.